The summed E-state index contributed by atoms with van der Waals surface area (Å²) in [6.45, 7) is 2.93. The summed E-state index contributed by atoms with van der Waals surface area (Å²) in [4.78, 5) is 8.60. The van der Waals surface area contributed by atoms with Crippen molar-refractivity contribution in [2.45, 2.75) is 18.4 Å². The molecule has 0 fully saturated rings. The first kappa shape index (κ1) is 18.7. The number of benzene rings is 1. The molecule has 2 heterocycles. The van der Waals surface area contributed by atoms with E-state index in [0.29, 0.717) is 30.4 Å². The van der Waals surface area contributed by atoms with Crippen molar-refractivity contribution in [1.29, 1.82) is 0 Å². The predicted octanol–water partition coefficient (Wildman–Crippen LogP) is 3.29. The second-order valence-electron chi connectivity index (χ2n) is 5.62. The van der Waals surface area contributed by atoms with E-state index in [9.17, 15) is 8.42 Å². The summed E-state index contributed by atoms with van der Waals surface area (Å²) >= 11 is 0. The molecule has 1 aromatic carbocycles. The van der Waals surface area contributed by atoms with Gasteiger partial charge in [0.1, 0.15) is 11.6 Å². The van der Waals surface area contributed by atoms with Crippen molar-refractivity contribution in [2.75, 3.05) is 16.6 Å². The zero-order chi connectivity index (χ0) is 19.1. The molecule has 0 atom stereocenters. The molecule has 0 unspecified atom stereocenters. The number of nitrogens with one attached hydrogen (secondary N) is 2. The average molecular weight is 384 g/mol. The van der Waals surface area contributed by atoms with Gasteiger partial charge in [0.05, 0.1) is 35.6 Å². The molecule has 140 valence electrons. The van der Waals surface area contributed by atoms with Crippen LogP contribution in [0, 0.1) is 0 Å². The molecule has 27 heavy (non-hydrogen) atoms. The molecule has 2 aromatic heterocycles. The number of rotatable bonds is 8. The lowest BCUT2D eigenvalue weighted by atomic mass is 10.3. The lowest BCUT2D eigenvalue weighted by Crippen LogP contribution is -2.13. The minimum atomic E-state index is -3.69. The Morgan fingerprint density at radius 2 is 1.81 bits per heavy atom. The Morgan fingerprint density at radius 3 is 2.44 bits per heavy atom. The molecule has 0 amide bonds. The summed E-state index contributed by atoms with van der Waals surface area (Å²) in [5.41, 5.74) is 1.27. The maximum absolute atomic E-state index is 12.5. The van der Waals surface area contributed by atoms with Crippen LogP contribution in [0.3, 0.4) is 0 Å². The number of nitrogens with zero attached hydrogens (tertiary/aromatic N) is 2. The molecule has 0 aliphatic carbocycles. The van der Waals surface area contributed by atoms with Gasteiger partial charge in [-0.25, -0.2) is 13.4 Å². The van der Waals surface area contributed by atoms with E-state index in [0.717, 1.165) is 5.69 Å². The standard InChI is InChI=1S/C19H20N4O3S/c1-2-26-17-7-9-18(10-8-17)27(24,25)23-16-6-11-19(22-14-16)21-13-15-5-3-4-12-20-15/h3-12,14,23H,2,13H2,1H3,(H,21,22). The average Bonchev–Trinajstić information content (AvgIpc) is 2.69. The highest BCUT2D eigenvalue weighted by Crippen LogP contribution is 2.19. The van der Waals surface area contributed by atoms with E-state index >= 15 is 0 Å². The zero-order valence-electron chi connectivity index (χ0n) is 14.8. The quantitative estimate of drug-likeness (QED) is 0.619. The molecular formula is C19H20N4O3S. The Labute approximate surface area is 158 Å². The van der Waals surface area contributed by atoms with Crippen LogP contribution in [0.2, 0.25) is 0 Å². The number of hydrogen-bond acceptors (Lipinski definition) is 6. The highest BCUT2D eigenvalue weighted by Gasteiger charge is 2.14. The highest BCUT2D eigenvalue weighted by molar-refractivity contribution is 7.92. The first-order valence-corrected chi connectivity index (χ1v) is 9.90. The summed E-state index contributed by atoms with van der Waals surface area (Å²) in [5, 5.41) is 3.14. The smallest absolute Gasteiger partial charge is 0.261 e. The van der Waals surface area contributed by atoms with Crippen LogP contribution in [0.1, 0.15) is 12.6 Å². The van der Waals surface area contributed by atoms with Crippen LogP contribution in [0.4, 0.5) is 11.5 Å². The first-order valence-electron chi connectivity index (χ1n) is 8.42. The molecule has 3 aromatic rings. The largest absolute Gasteiger partial charge is 0.494 e. The Hall–Kier alpha value is -3.13. The van der Waals surface area contributed by atoms with Gasteiger partial charge in [0.25, 0.3) is 10.0 Å². The molecule has 0 saturated carbocycles. The summed E-state index contributed by atoms with van der Waals surface area (Å²) in [6, 6.07) is 15.3. The van der Waals surface area contributed by atoms with Gasteiger partial charge in [-0.3, -0.25) is 9.71 Å². The molecule has 0 saturated heterocycles. The summed E-state index contributed by atoms with van der Waals surface area (Å²) in [5.74, 6) is 1.26. The molecule has 3 rings (SSSR count). The van der Waals surface area contributed by atoms with Crippen molar-refractivity contribution >= 4 is 21.5 Å². The Morgan fingerprint density at radius 1 is 1.00 bits per heavy atom. The van der Waals surface area contributed by atoms with E-state index in [1.54, 1.807) is 30.5 Å². The van der Waals surface area contributed by atoms with Crippen molar-refractivity contribution in [3.8, 4) is 5.75 Å². The first-order chi connectivity index (χ1) is 13.1. The molecule has 0 radical (unpaired) electrons. The summed E-state index contributed by atoms with van der Waals surface area (Å²) in [6.07, 6.45) is 3.19. The molecule has 2 N–H and O–H groups in total. The summed E-state index contributed by atoms with van der Waals surface area (Å²) < 4.78 is 32.8. The fourth-order valence-corrected chi connectivity index (χ4v) is 3.38. The Kier molecular flexibility index (Phi) is 5.87. The van der Waals surface area contributed by atoms with Gasteiger partial charge in [-0.2, -0.15) is 0 Å². The van der Waals surface area contributed by atoms with Gasteiger partial charge in [0.2, 0.25) is 0 Å². The van der Waals surface area contributed by atoms with Gasteiger partial charge in [-0.05, 0) is 55.5 Å². The monoisotopic (exact) mass is 384 g/mol. The normalized spacial score (nSPS) is 11.0. The van der Waals surface area contributed by atoms with Crippen molar-refractivity contribution in [3.05, 3.63) is 72.7 Å². The van der Waals surface area contributed by atoms with Gasteiger partial charge in [0, 0.05) is 6.20 Å². The lowest BCUT2D eigenvalue weighted by Gasteiger charge is -2.10. The Balaban J connectivity index is 1.62. The van der Waals surface area contributed by atoms with Crippen LogP contribution in [0.25, 0.3) is 0 Å². The third-order valence-corrected chi connectivity index (χ3v) is 5.03. The second-order valence-corrected chi connectivity index (χ2v) is 7.30. The molecule has 0 bridgehead atoms. The third-order valence-electron chi connectivity index (χ3n) is 3.64. The van der Waals surface area contributed by atoms with E-state index in [1.807, 2.05) is 25.1 Å². The molecule has 0 aliphatic rings. The van der Waals surface area contributed by atoms with E-state index in [1.165, 1.54) is 18.3 Å². The fraction of sp³-hybridized carbons (Fsp3) is 0.158. The minimum Gasteiger partial charge on any atom is -0.494 e. The topological polar surface area (TPSA) is 93.2 Å². The molecule has 0 aliphatic heterocycles. The zero-order valence-corrected chi connectivity index (χ0v) is 15.6. The maximum Gasteiger partial charge on any atom is 0.261 e. The van der Waals surface area contributed by atoms with E-state index < -0.39 is 10.0 Å². The molecule has 8 heteroatoms. The molecular weight excluding hydrogens is 364 g/mol. The predicted molar refractivity (Wildman–Crippen MR) is 104 cm³/mol. The summed E-state index contributed by atoms with van der Waals surface area (Å²) in [7, 11) is -3.69. The number of pyridine rings is 2. The van der Waals surface area contributed by atoms with Gasteiger partial charge >= 0.3 is 0 Å². The number of hydrogen-bond donors (Lipinski definition) is 2. The fourth-order valence-electron chi connectivity index (χ4n) is 2.34. The van der Waals surface area contributed by atoms with Crippen LogP contribution in [-0.4, -0.2) is 25.0 Å². The van der Waals surface area contributed by atoms with Crippen LogP contribution >= 0.6 is 0 Å². The van der Waals surface area contributed by atoms with Crippen LogP contribution in [-0.2, 0) is 16.6 Å². The van der Waals surface area contributed by atoms with Crippen molar-refractivity contribution in [3.63, 3.8) is 0 Å². The second kappa shape index (κ2) is 8.50. The van der Waals surface area contributed by atoms with Gasteiger partial charge in [-0.1, -0.05) is 6.07 Å². The van der Waals surface area contributed by atoms with Crippen molar-refractivity contribution in [2.24, 2.45) is 0 Å². The Bertz CT molecular complexity index is 960. The van der Waals surface area contributed by atoms with Crippen LogP contribution in [0.15, 0.2) is 71.9 Å². The SMILES string of the molecule is CCOc1ccc(S(=O)(=O)Nc2ccc(NCc3ccccn3)nc2)cc1. The van der Waals surface area contributed by atoms with E-state index in [4.69, 9.17) is 4.74 Å². The number of anilines is 2. The highest BCUT2D eigenvalue weighted by atomic mass is 32.2. The van der Waals surface area contributed by atoms with Gasteiger partial charge < -0.3 is 10.1 Å². The number of sulfonamides is 1. The van der Waals surface area contributed by atoms with E-state index in [2.05, 4.69) is 20.0 Å². The number of aromatic nitrogens is 2. The van der Waals surface area contributed by atoms with Gasteiger partial charge in [0.15, 0.2) is 0 Å². The van der Waals surface area contributed by atoms with Crippen molar-refractivity contribution < 1.29 is 13.2 Å². The third kappa shape index (κ3) is 5.18. The van der Waals surface area contributed by atoms with Crippen LogP contribution in [0.5, 0.6) is 5.75 Å². The minimum absolute atomic E-state index is 0.156. The lowest BCUT2D eigenvalue weighted by molar-refractivity contribution is 0.340. The van der Waals surface area contributed by atoms with Gasteiger partial charge in [-0.15, -0.1) is 0 Å². The number of ether oxygens (including phenoxy) is 1. The van der Waals surface area contributed by atoms with E-state index in [-0.39, 0.29) is 4.90 Å². The molecule has 0 spiro atoms. The maximum atomic E-state index is 12.5. The van der Waals surface area contributed by atoms with Crippen LogP contribution < -0.4 is 14.8 Å². The molecule has 7 nitrogen and oxygen atoms in total. The van der Waals surface area contributed by atoms with Crippen molar-refractivity contribution in [1.82, 2.24) is 9.97 Å².